The Labute approximate surface area is 173 Å². The predicted molar refractivity (Wildman–Crippen MR) is 118 cm³/mol. The summed E-state index contributed by atoms with van der Waals surface area (Å²) in [7, 11) is 1.69. The summed E-state index contributed by atoms with van der Waals surface area (Å²) >= 11 is 4.04. The summed E-state index contributed by atoms with van der Waals surface area (Å²) < 4.78 is 6.52. The first-order valence-electron chi connectivity index (χ1n) is 8.90. The number of unbranched alkanes of at least 4 members (excludes halogenated alkanes) is 1. The number of amides is 1. The molecule has 0 aliphatic carbocycles. The number of rotatable bonds is 5. The molecule has 2 aromatic rings. The van der Waals surface area contributed by atoms with Crippen LogP contribution >= 0.6 is 34.4 Å². The number of nitrogens with zero attached hydrogens (tertiary/aromatic N) is 1. The molecule has 1 aliphatic heterocycles. The number of halogens is 1. The molecular weight excluding hydrogens is 457 g/mol. The van der Waals surface area contributed by atoms with Gasteiger partial charge in [-0.2, -0.15) is 0 Å². The summed E-state index contributed by atoms with van der Waals surface area (Å²) in [5.74, 6) is 1.82. The highest BCUT2D eigenvalue weighted by atomic mass is 127. The van der Waals surface area contributed by atoms with Gasteiger partial charge in [0.1, 0.15) is 5.75 Å². The fourth-order valence-electron chi connectivity index (χ4n) is 3.23. The van der Waals surface area contributed by atoms with Crippen LogP contribution in [0.15, 0.2) is 47.4 Å². The molecule has 1 heterocycles. The Morgan fingerprint density at radius 3 is 2.65 bits per heavy atom. The quantitative estimate of drug-likeness (QED) is 0.472. The molecule has 1 amide bonds. The minimum absolute atomic E-state index is 0.185. The third-order valence-electron chi connectivity index (χ3n) is 4.84. The van der Waals surface area contributed by atoms with Crippen molar-refractivity contribution in [3.8, 4) is 5.75 Å². The first kappa shape index (κ1) is 19.5. The molecule has 0 spiro atoms. The summed E-state index contributed by atoms with van der Waals surface area (Å²) in [5, 5.41) is 0. The minimum atomic E-state index is -0.381. The molecule has 1 atom stereocenters. The van der Waals surface area contributed by atoms with Crippen molar-refractivity contribution >= 4 is 51.6 Å². The summed E-state index contributed by atoms with van der Waals surface area (Å²) in [6.07, 6.45) is 3.06. The Hall–Kier alpha value is -1.21. The van der Waals surface area contributed by atoms with Gasteiger partial charge in [0, 0.05) is 16.3 Å². The Morgan fingerprint density at radius 2 is 2.00 bits per heavy atom. The van der Waals surface area contributed by atoms with E-state index in [9.17, 15) is 4.79 Å². The Kier molecular flexibility index (Phi) is 6.17. The van der Waals surface area contributed by atoms with Gasteiger partial charge in [-0.1, -0.05) is 38.0 Å². The summed E-state index contributed by atoms with van der Waals surface area (Å²) in [5.41, 5.74) is 1.50. The number of para-hydroxylation sites is 1. The van der Waals surface area contributed by atoms with Crippen LogP contribution in [-0.4, -0.2) is 18.8 Å². The Morgan fingerprint density at radius 1 is 1.27 bits per heavy atom. The maximum absolute atomic E-state index is 13.7. The molecule has 0 fully saturated rings. The van der Waals surface area contributed by atoms with Gasteiger partial charge in [0.05, 0.1) is 21.8 Å². The van der Waals surface area contributed by atoms with E-state index in [4.69, 9.17) is 4.74 Å². The van der Waals surface area contributed by atoms with Gasteiger partial charge in [0.25, 0.3) is 0 Å². The van der Waals surface area contributed by atoms with Gasteiger partial charge in [0.2, 0.25) is 5.91 Å². The van der Waals surface area contributed by atoms with Crippen LogP contribution in [0, 0.1) is 8.99 Å². The van der Waals surface area contributed by atoms with Gasteiger partial charge in [0.15, 0.2) is 0 Å². The summed E-state index contributed by atoms with van der Waals surface area (Å²) in [4.78, 5) is 16.7. The van der Waals surface area contributed by atoms with E-state index in [1.165, 1.54) is 0 Å². The zero-order chi connectivity index (χ0) is 18.7. The van der Waals surface area contributed by atoms with E-state index < -0.39 is 0 Å². The average molecular weight is 481 g/mol. The normalized spacial score (nSPS) is 19.8. The SMILES string of the molecule is CCCCC1(C)CSc2cc(OC)c(I)cc2N(c2ccccc2)C1=O. The molecule has 0 saturated carbocycles. The van der Waals surface area contributed by atoms with Crippen molar-refractivity contribution in [1.29, 1.82) is 0 Å². The van der Waals surface area contributed by atoms with Crippen LogP contribution in [0.2, 0.25) is 0 Å². The number of hydrogen-bond donors (Lipinski definition) is 0. The second-order valence-electron chi connectivity index (χ2n) is 6.88. The zero-order valence-corrected chi connectivity index (χ0v) is 18.4. The van der Waals surface area contributed by atoms with Gasteiger partial charge in [-0.05, 0) is 60.2 Å². The number of carbonyl (C=O) groups is 1. The van der Waals surface area contributed by atoms with Crippen LogP contribution in [0.4, 0.5) is 11.4 Å². The second-order valence-corrected chi connectivity index (χ2v) is 9.06. The number of methoxy groups -OCH3 is 1. The molecule has 3 rings (SSSR count). The molecule has 0 saturated heterocycles. The van der Waals surface area contributed by atoms with E-state index in [0.29, 0.717) is 0 Å². The van der Waals surface area contributed by atoms with Gasteiger partial charge < -0.3 is 4.74 Å². The van der Waals surface area contributed by atoms with Crippen LogP contribution in [0.1, 0.15) is 33.1 Å². The fraction of sp³-hybridized carbons (Fsp3) is 0.381. The highest BCUT2D eigenvalue weighted by Gasteiger charge is 2.41. The Balaban J connectivity index is 2.15. The van der Waals surface area contributed by atoms with Gasteiger partial charge in [-0.15, -0.1) is 11.8 Å². The lowest BCUT2D eigenvalue weighted by Crippen LogP contribution is -2.40. The van der Waals surface area contributed by atoms with Crippen molar-refractivity contribution in [3.63, 3.8) is 0 Å². The third kappa shape index (κ3) is 3.74. The maximum Gasteiger partial charge on any atom is 0.238 e. The van der Waals surface area contributed by atoms with Crippen LogP contribution < -0.4 is 9.64 Å². The molecule has 3 nitrogen and oxygen atoms in total. The number of carbonyl (C=O) groups excluding carboxylic acids is 1. The monoisotopic (exact) mass is 481 g/mol. The number of hydrogen-bond acceptors (Lipinski definition) is 3. The first-order valence-corrected chi connectivity index (χ1v) is 11.0. The van der Waals surface area contributed by atoms with Gasteiger partial charge in [-0.3, -0.25) is 9.69 Å². The number of benzene rings is 2. The van der Waals surface area contributed by atoms with E-state index in [1.807, 2.05) is 35.2 Å². The highest BCUT2D eigenvalue weighted by molar-refractivity contribution is 14.1. The topological polar surface area (TPSA) is 29.5 Å². The molecule has 0 radical (unpaired) electrons. The van der Waals surface area contributed by atoms with Crippen LogP contribution in [0.25, 0.3) is 0 Å². The molecule has 5 heteroatoms. The Bertz CT molecular complexity index is 796. The molecule has 1 unspecified atom stereocenters. The van der Waals surface area contributed by atoms with E-state index in [1.54, 1.807) is 18.9 Å². The first-order chi connectivity index (χ1) is 12.5. The van der Waals surface area contributed by atoms with E-state index in [0.717, 1.165) is 50.6 Å². The molecule has 1 aliphatic rings. The van der Waals surface area contributed by atoms with E-state index in [2.05, 4.69) is 48.6 Å². The van der Waals surface area contributed by atoms with Crippen LogP contribution in [0.5, 0.6) is 5.75 Å². The largest absolute Gasteiger partial charge is 0.496 e. The molecule has 138 valence electrons. The standard InChI is InChI=1S/C21H24INO2S/c1-4-5-11-21(2)14-26-19-13-18(25-3)16(22)12-17(19)23(20(21)24)15-9-7-6-8-10-15/h6-10,12-13H,4-5,11,14H2,1-3H3. The highest BCUT2D eigenvalue weighted by Crippen LogP contribution is 2.47. The van der Waals surface area contributed by atoms with Gasteiger partial charge >= 0.3 is 0 Å². The van der Waals surface area contributed by atoms with Crippen LogP contribution in [-0.2, 0) is 4.79 Å². The van der Waals surface area contributed by atoms with Crippen molar-refractivity contribution in [2.24, 2.45) is 5.41 Å². The van der Waals surface area contributed by atoms with Gasteiger partial charge in [-0.25, -0.2) is 0 Å². The zero-order valence-electron chi connectivity index (χ0n) is 15.4. The van der Waals surface area contributed by atoms with Crippen molar-refractivity contribution in [3.05, 3.63) is 46.0 Å². The lowest BCUT2D eigenvalue weighted by molar-refractivity contribution is -0.125. The number of ether oxygens (including phenoxy) is 1. The number of fused-ring (bicyclic) bond motifs is 1. The summed E-state index contributed by atoms with van der Waals surface area (Å²) in [6.45, 7) is 4.29. The van der Waals surface area contributed by atoms with Crippen molar-refractivity contribution < 1.29 is 9.53 Å². The molecular formula is C21H24INO2S. The smallest absolute Gasteiger partial charge is 0.238 e. The second kappa shape index (κ2) is 8.21. The molecule has 2 aromatic carbocycles. The molecule has 0 bridgehead atoms. The third-order valence-corrected chi connectivity index (χ3v) is 7.10. The van der Waals surface area contributed by atoms with Crippen LogP contribution in [0.3, 0.4) is 0 Å². The maximum atomic E-state index is 13.7. The molecule has 0 N–H and O–H groups in total. The van der Waals surface area contributed by atoms with Crippen molar-refractivity contribution in [2.45, 2.75) is 38.0 Å². The fourth-order valence-corrected chi connectivity index (χ4v) is 5.13. The number of anilines is 2. The predicted octanol–water partition coefficient (Wildman–Crippen LogP) is 6.27. The molecule has 0 aromatic heterocycles. The lowest BCUT2D eigenvalue weighted by Gasteiger charge is -2.32. The van der Waals surface area contributed by atoms with E-state index in [-0.39, 0.29) is 11.3 Å². The molecule has 26 heavy (non-hydrogen) atoms. The van der Waals surface area contributed by atoms with Crippen molar-refractivity contribution in [2.75, 3.05) is 17.8 Å². The number of thioether (sulfide) groups is 1. The lowest BCUT2D eigenvalue weighted by atomic mass is 9.85. The van der Waals surface area contributed by atoms with E-state index >= 15 is 0 Å². The average Bonchev–Trinajstić information content (AvgIpc) is 2.76. The minimum Gasteiger partial charge on any atom is -0.496 e. The summed E-state index contributed by atoms with van der Waals surface area (Å²) in [6, 6.07) is 14.1. The van der Waals surface area contributed by atoms with Crippen molar-refractivity contribution in [1.82, 2.24) is 0 Å².